The van der Waals surface area contributed by atoms with Crippen molar-refractivity contribution in [2.75, 3.05) is 19.0 Å². The van der Waals surface area contributed by atoms with Crippen LogP contribution in [-0.4, -0.2) is 48.8 Å². The molecule has 5 nitrogen and oxygen atoms in total. The Kier molecular flexibility index (Phi) is 5.32. The predicted octanol–water partition coefficient (Wildman–Crippen LogP) is 1.01. The monoisotopic (exact) mass is 267 g/mol. The van der Waals surface area contributed by atoms with Gasteiger partial charge in [-0.2, -0.15) is 4.31 Å². The third-order valence-corrected chi connectivity index (χ3v) is 4.88. The molecule has 1 atom stereocenters. The second-order valence-electron chi connectivity index (χ2n) is 4.22. The molecule has 0 bridgehead atoms. The Hall–Kier alpha value is -0.690. The summed E-state index contributed by atoms with van der Waals surface area (Å²) in [6, 6.07) is -0.467. The van der Waals surface area contributed by atoms with E-state index in [9.17, 15) is 17.6 Å². The maximum atomic E-state index is 12.0. The molecule has 0 amide bonds. The molecule has 1 N–H and O–H groups in total. The maximum absolute atomic E-state index is 12.0. The number of sulfonamides is 1. The molecule has 1 aliphatic rings. The van der Waals surface area contributed by atoms with Crippen LogP contribution in [0.5, 0.6) is 0 Å². The molecule has 1 fully saturated rings. The minimum Gasteiger partial charge on any atom is -0.481 e. The fraction of sp³-hybridized carbons (Fsp3) is 0.900. The Bertz CT molecular complexity index is 357. The predicted molar refractivity (Wildman–Crippen MR) is 61.0 cm³/mol. The third kappa shape index (κ3) is 4.23. The lowest BCUT2D eigenvalue weighted by atomic mass is 10.0. The van der Waals surface area contributed by atoms with Gasteiger partial charge >= 0.3 is 5.97 Å². The molecule has 17 heavy (non-hydrogen) atoms. The molecule has 0 spiro atoms. The van der Waals surface area contributed by atoms with Gasteiger partial charge in [-0.05, 0) is 19.3 Å². The number of nitrogens with zero attached hydrogens (tertiary/aromatic N) is 1. The van der Waals surface area contributed by atoms with Crippen molar-refractivity contribution >= 4 is 16.0 Å². The van der Waals surface area contributed by atoms with Gasteiger partial charge in [-0.1, -0.05) is 6.42 Å². The molecular formula is C10H18FNO4S. The van der Waals surface area contributed by atoms with E-state index in [1.54, 1.807) is 0 Å². The molecule has 1 saturated heterocycles. The fourth-order valence-electron chi connectivity index (χ4n) is 2.10. The van der Waals surface area contributed by atoms with Gasteiger partial charge in [0.2, 0.25) is 10.0 Å². The van der Waals surface area contributed by atoms with Gasteiger partial charge in [0.05, 0.1) is 18.8 Å². The van der Waals surface area contributed by atoms with Crippen LogP contribution in [0.3, 0.4) is 0 Å². The number of rotatable bonds is 6. The summed E-state index contributed by atoms with van der Waals surface area (Å²) in [5.74, 6) is -1.23. The zero-order valence-corrected chi connectivity index (χ0v) is 10.5. The van der Waals surface area contributed by atoms with Crippen LogP contribution in [0.2, 0.25) is 0 Å². The van der Waals surface area contributed by atoms with Crippen molar-refractivity contribution in [1.82, 2.24) is 4.31 Å². The minimum absolute atomic E-state index is 0.0291. The number of alkyl halides is 1. The van der Waals surface area contributed by atoms with Gasteiger partial charge in [-0.25, -0.2) is 8.42 Å². The molecular weight excluding hydrogens is 249 g/mol. The second kappa shape index (κ2) is 6.30. The molecule has 0 radical (unpaired) electrons. The highest BCUT2D eigenvalue weighted by molar-refractivity contribution is 7.89. The number of carbonyl (C=O) groups is 1. The maximum Gasteiger partial charge on any atom is 0.304 e. The highest BCUT2D eigenvalue weighted by Gasteiger charge is 2.32. The summed E-state index contributed by atoms with van der Waals surface area (Å²) in [7, 11) is -3.51. The fourth-order valence-corrected chi connectivity index (χ4v) is 3.85. The third-order valence-electron chi connectivity index (χ3n) is 2.88. The van der Waals surface area contributed by atoms with Gasteiger partial charge in [0.1, 0.15) is 0 Å². The molecule has 0 saturated carbocycles. The van der Waals surface area contributed by atoms with Gasteiger partial charge in [0, 0.05) is 12.6 Å². The summed E-state index contributed by atoms with van der Waals surface area (Å²) in [5.41, 5.74) is 0. The Balaban J connectivity index is 2.72. The molecule has 0 aromatic heterocycles. The van der Waals surface area contributed by atoms with E-state index in [4.69, 9.17) is 5.11 Å². The number of carboxylic acid groups (broad SMARTS) is 1. The largest absolute Gasteiger partial charge is 0.481 e. The summed E-state index contributed by atoms with van der Waals surface area (Å²) in [4.78, 5) is 10.7. The van der Waals surface area contributed by atoms with E-state index in [0.717, 1.165) is 12.8 Å². The number of hydrogen-bond acceptors (Lipinski definition) is 3. The first-order valence-corrected chi connectivity index (χ1v) is 7.35. The van der Waals surface area contributed by atoms with Crippen molar-refractivity contribution < 1.29 is 22.7 Å². The van der Waals surface area contributed by atoms with Crippen molar-refractivity contribution in [2.45, 2.75) is 38.1 Å². The van der Waals surface area contributed by atoms with E-state index in [1.807, 2.05) is 0 Å². The first-order valence-electron chi connectivity index (χ1n) is 5.74. The van der Waals surface area contributed by atoms with E-state index in [2.05, 4.69) is 0 Å². The molecule has 1 heterocycles. The lowest BCUT2D eigenvalue weighted by Crippen LogP contribution is -2.45. The molecule has 1 rings (SSSR count). The van der Waals surface area contributed by atoms with Crippen molar-refractivity contribution in [2.24, 2.45) is 0 Å². The van der Waals surface area contributed by atoms with E-state index in [0.29, 0.717) is 13.0 Å². The van der Waals surface area contributed by atoms with Gasteiger partial charge in [0.15, 0.2) is 0 Å². The van der Waals surface area contributed by atoms with E-state index >= 15 is 0 Å². The Labute approximate surface area is 101 Å². The van der Waals surface area contributed by atoms with E-state index < -0.39 is 28.7 Å². The summed E-state index contributed by atoms with van der Waals surface area (Å²) >= 11 is 0. The Morgan fingerprint density at radius 1 is 1.41 bits per heavy atom. The highest BCUT2D eigenvalue weighted by Crippen LogP contribution is 2.23. The van der Waals surface area contributed by atoms with Crippen molar-refractivity contribution in [1.29, 1.82) is 0 Å². The number of hydrogen-bond donors (Lipinski definition) is 1. The molecule has 100 valence electrons. The topological polar surface area (TPSA) is 74.7 Å². The lowest BCUT2D eigenvalue weighted by molar-refractivity contribution is -0.138. The smallest absolute Gasteiger partial charge is 0.304 e. The molecule has 1 aliphatic heterocycles. The van der Waals surface area contributed by atoms with Crippen LogP contribution in [0.1, 0.15) is 32.1 Å². The van der Waals surface area contributed by atoms with Crippen LogP contribution in [0.4, 0.5) is 4.39 Å². The first kappa shape index (κ1) is 14.4. The Morgan fingerprint density at radius 2 is 2.12 bits per heavy atom. The van der Waals surface area contributed by atoms with Crippen molar-refractivity contribution in [3.63, 3.8) is 0 Å². The van der Waals surface area contributed by atoms with Crippen LogP contribution < -0.4 is 0 Å². The minimum atomic E-state index is -3.51. The molecule has 7 heteroatoms. The molecule has 0 aromatic carbocycles. The number of piperidine rings is 1. The van der Waals surface area contributed by atoms with Gasteiger partial charge in [0.25, 0.3) is 0 Å². The standard InChI is InChI=1S/C10H18FNO4S/c11-5-3-7-17(15,16)12-6-2-1-4-9(12)8-10(13)14/h9H,1-8H2,(H,13,14). The van der Waals surface area contributed by atoms with Crippen LogP contribution in [-0.2, 0) is 14.8 Å². The summed E-state index contributed by atoms with van der Waals surface area (Å²) in [6.45, 7) is -0.316. The quantitative estimate of drug-likeness (QED) is 0.779. The Morgan fingerprint density at radius 3 is 2.71 bits per heavy atom. The number of carboxylic acids is 1. The number of aliphatic carboxylic acids is 1. The van der Waals surface area contributed by atoms with Crippen LogP contribution >= 0.6 is 0 Å². The van der Waals surface area contributed by atoms with Crippen LogP contribution in [0.25, 0.3) is 0 Å². The van der Waals surface area contributed by atoms with Gasteiger partial charge < -0.3 is 5.11 Å². The lowest BCUT2D eigenvalue weighted by Gasteiger charge is -2.33. The highest BCUT2D eigenvalue weighted by atomic mass is 32.2. The normalized spacial score (nSPS) is 22.5. The average Bonchev–Trinajstić information content (AvgIpc) is 2.26. The van der Waals surface area contributed by atoms with Crippen molar-refractivity contribution in [3.8, 4) is 0 Å². The van der Waals surface area contributed by atoms with E-state index in [1.165, 1.54) is 4.31 Å². The second-order valence-corrected chi connectivity index (χ2v) is 6.26. The summed E-state index contributed by atoms with van der Waals surface area (Å²) in [6.07, 6.45) is 1.95. The first-order chi connectivity index (χ1) is 7.97. The van der Waals surface area contributed by atoms with E-state index in [-0.39, 0.29) is 18.6 Å². The molecule has 0 aromatic rings. The van der Waals surface area contributed by atoms with Crippen LogP contribution in [0.15, 0.2) is 0 Å². The molecule has 0 aliphatic carbocycles. The average molecular weight is 267 g/mol. The van der Waals surface area contributed by atoms with Crippen molar-refractivity contribution in [3.05, 3.63) is 0 Å². The summed E-state index contributed by atoms with van der Waals surface area (Å²) < 4.78 is 37.1. The number of halogens is 1. The van der Waals surface area contributed by atoms with Gasteiger partial charge in [-0.3, -0.25) is 9.18 Å². The van der Waals surface area contributed by atoms with Gasteiger partial charge in [-0.15, -0.1) is 0 Å². The zero-order chi connectivity index (χ0) is 12.9. The zero-order valence-electron chi connectivity index (χ0n) is 9.64. The molecule has 1 unspecified atom stereocenters. The summed E-state index contributed by atoms with van der Waals surface area (Å²) in [5, 5.41) is 8.74. The SMILES string of the molecule is O=C(O)CC1CCCCN1S(=O)(=O)CCCF. The van der Waals surface area contributed by atoms with Crippen LogP contribution in [0, 0.1) is 0 Å².